The Morgan fingerprint density at radius 3 is 1.93 bits per heavy atom. The normalized spacial score (nSPS) is 13.9. The van der Waals surface area contributed by atoms with Gasteiger partial charge in [0.15, 0.2) is 0 Å². The number of fused-ring (bicyclic) bond motifs is 1. The minimum absolute atomic E-state index is 0.0349. The van der Waals surface area contributed by atoms with Crippen molar-refractivity contribution in [1.29, 1.82) is 0 Å². The summed E-state index contributed by atoms with van der Waals surface area (Å²) in [6, 6.07) is 39.5. The summed E-state index contributed by atoms with van der Waals surface area (Å²) in [5.41, 5.74) is 4.63. The Hall–Kier alpha value is -4.51. The molecule has 0 fully saturated rings. The van der Waals surface area contributed by atoms with Crippen molar-refractivity contribution in [1.82, 2.24) is 5.32 Å². The molecule has 7 heteroatoms. The standard InChI is InChI=1S/C37H36NO5P/c39-36(38-35(37(40)41)25-29-17-20-31-13-7-8-14-33(31)24-29)34(26-44(42,43)22-21-27-9-3-1-4-10-27)23-28-15-18-32(19-16-28)30-11-5-2-6-12-30/h1-20,24,34-35H,21-23,25-26H2,(H,38,39)(H,40,41)(H,42,43)/t34-,35-/m0/s1. The minimum atomic E-state index is -3.73. The average molecular weight is 606 g/mol. The maximum Gasteiger partial charge on any atom is 0.326 e. The summed E-state index contributed by atoms with van der Waals surface area (Å²) in [4.78, 5) is 37.0. The second-order valence-electron chi connectivity index (χ2n) is 11.2. The second-order valence-corrected chi connectivity index (χ2v) is 13.7. The molecule has 3 N–H and O–H groups in total. The molecule has 0 saturated carbocycles. The fourth-order valence-corrected chi connectivity index (χ4v) is 7.24. The summed E-state index contributed by atoms with van der Waals surface area (Å²) in [6.45, 7) is 0. The fourth-order valence-electron chi connectivity index (χ4n) is 5.46. The molecular weight excluding hydrogens is 569 g/mol. The zero-order valence-corrected chi connectivity index (χ0v) is 25.3. The molecule has 0 radical (unpaired) electrons. The first kappa shape index (κ1) is 30.9. The third-order valence-corrected chi connectivity index (χ3v) is 9.81. The van der Waals surface area contributed by atoms with Crippen molar-refractivity contribution < 1.29 is 24.2 Å². The summed E-state index contributed by atoms with van der Waals surface area (Å²) in [6.07, 6.45) is 0.504. The van der Waals surface area contributed by atoms with E-state index in [0.29, 0.717) is 6.42 Å². The number of amides is 1. The SMILES string of the molecule is O=C(N[C@@H](Cc1ccc2ccccc2c1)C(=O)O)[C@@H](Cc1ccc(-c2ccccc2)cc1)CP(=O)(O)CCc1ccccc1. The summed E-state index contributed by atoms with van der Waals surface area (Å²) < 4.78 is 13.4. The molecule has 5 rings (SSSR count). The number of carbonyl (C=O) groups is 2. The van der Waals surface area contributed by atoms with Crippen molar-refractivity contribution in [3.63, 3.8) is 0 Å². The van der Waals surface area contributed by atoms with Gasteiger partial charge in [-0.3, -0.25) is 9.36 Å². The van der Waals surface area contributed by atoms with E-state index in [1.54, 1.807) is 0 Å². The molecule has 0 aromatic heterocycles. The molecule has 0 bridgehead atoms. The Labute approximate surface area is 257 Å². The number of nitrogens with one attached hydrogen (secondary N) is 1. The van der Waals surface area contributed by atoms with Gasteiger partial charge in [-0.05, 0) is 51.4 Å². The van der Waals surface area contributed by atoms with E-state index >= 15 is 0 Å². The van der Waals surface area contributed by atoms with Gasteiger partial charge in [0.05, 0.1) is 5.92 Å². The van der Waals surface area contributed by atoms with Crippen LogP contribution < -0.4 is 5.32 Å². The number of rotatable bonds is 13. The number of aryl methyl sites for hydroxylation is 1. The maximum absolute atomic E-state index is 13.7. The zero-order valence-electron chi connectivity index (χ0n) is 24.4. The van der Waals surface area contributed by atoms with Crippen LogP contribution in [0.5, 0.6) is 0 Å². The van der Waals surface area contributed by atoms with Crippen molar-refractivity contribution in [2.45, 2.75) is 25.3 Å². The largest absolute Gasteiger partial charge is 0.480 e. The number of carbonyl (C=O) groups excluding carboxylic acids is 1. The molecule has 5 aromatic rings. The minimum Gasteiger partial charge on any atom is -0.480 e. The molecule has 44 heavy (non-hydrogen) atoms. The molecule has 0 aliphatic carbocycles. The molecule has 3 atom stereocenters. The van der Waals surface area contributed by atoms with E-state index in [4.69, 9.17) is 0 Å². The third-order valence-electron chi connectivity index (χ3n) is 7.88. The molecule has 0 aliphatic rings. The van der Waals surface area contributed by atoms with Crippen LogP contribution in [0, 0.1) is 5.92 Å². The van der Waals surface area contributed by atoms with Crippen LogP contribution in [0.4, 0.5) is 0 Å². The first-order valence-electron chi connectivity index (χ1n) is 14.8. The van der Waals surface area contributed by atoms with Gasteiger partial charge in [-0.25, -0.2) is 4.79 Å². The first-order chi connectivity index (χ1) is 21.3. The topological polar surface area (TPSA) is 104 Å². The smallest absolute Gasteiger partial charge is 0.326 e. The predicted octanol–water partition coefficient (Wildman–Crippen LogP) is 6.99. The summed E-state index contributed by atoms with van der Waals surface area (Å²) in [5.74, 6) is -2.59. The van der Waals surface area contributed by atoms with E-state index in [1.165, 1.54) is 0 Å². The van der Waals surface area contributed by atoms with Crippen LogP contribution in [-0.2, 0) is 33.4 Å². The number of aliphatic carboxylic acids is 1. The van der Waals surface area contributed by atoms with Gasteiger partial charge in [-0.2, -0.15) is 0 Å². The van der Waals surface area contributed by atoms with Crippen molar-refractivity contribution >= 4 is 30.0 Å². The summed E-state index contributed by atoms with van der Waals surface area (Å²) in [5, 5.41) is 14.8. The van der Waals surface area contributed by atoms with Gasteiger partial charge < -0.3 is 15.3 Å². The highest BCUT2D eigenvalue weighted by Gasteiger charge is 2.32. The maximum atomic E-state index is 13.7. The van der Waals surface area contributed by atoms with Crippen molar-refractivity contribution in [3.05, 3.63) is 144 Å². The van der Waals surface area contributed by atoms with E-state index in [2.05, 4.69) is 5.32 Å². The van der Waals surface area contributed by atoms with Crippen molar-refractivity contribution in [2.75, 3.05) is 12.3 Å². The number of hydrogen-bond acceptors (Lipinski definition) is 3. The average Bonchev–Trinajstić information content (AvgIpc) is 3.04. The number of hydrogen-bond donors (Lipinski definition) is 3. The number of carboxylic acid groups (broad SMARTS) is 1. The molecule has 0 saturated heterocycles. The molecule has 1 unspecified atom stereocenters. The monoisotopic (exact) mass is 605 g/mol. The van der Waals surface area contributed by atoms with Crippen LogP contribution in [0.1, 0.15) is 16.7 Å². The van der Waals surface area contributed by atoms with Gasteiger partial charge in [0, 0.05) is 18.7 Å². The van der Waals surface area contributed by atoms with Crippen LogP contribution in [0.3, 0.4) is 0 Å². The lowest BCUT2D eigenvalue weighted by Gasteiger charge is -2.23. The van der Waals surface area contributed by atoms with Crippen LogP contribution in [0.15, 0.2) is 127 Å². The quantitative estimate of drug-likeness (QED) is 0.126. The van der Waals surface area contributed by atoms with Crippen LogP contribution in [0.2, 0.25) is 0 Å². The van der Waals surface area contributed by atoms with Gasteiger partial charge in [0.1, 0.15) is 6.04 Å². The van der Waals surface area contributed by atoms with Crippen molar-refractivity contribution in [3.8, 4) is 11.1 Å². The lowest BCUT2D eigenvalue weighted by molar-refractivity contribution is -0.142. The van der Waals surface area contributed by atoms with E-state index < -0.39 is 31.2 Å². The van der Waals surface area contributed by atoms with Crippen LogP contribution >= 0.6 is 7.37 Å². The highest BCUT2D eigenvalue weighted by Crippen LogP contribution is 2.44. The molecule has 0 aliphatic heterocycles. The lowest BCUT2D eigenvalue weighted by Crippen LogP contribution is -2.46. The number of benzene rings is 5. The molecule has 6 nitrogen and oxygen atoms in total. The summed E-state index contributed by atoms with van der Waals surface area (Å²) >= 11 is 0. The third kappa shape index (κ3) is 8.53. The Balaban J connectivity index is 1.34. The molecule has 5 aromatic carbocycles. The first-order valence-corrected chi connectivity index (χ1v) is 16.8. The zero-order chi connectivity index (χ0) is 30.9. The molecule has 0 spiro atoms. The Morgan fingerprint density at radius 2 is 1.25 bits per heavy atom. The fraction of sp³-hybridized carbons (Fsp3) is 0.189. The molecule has 1 amide bonds. The Kier molecular flexibility index (Phi) is 10.1. The van der Waals surface area contributed by atoms with Gasteiger partial charge in [0.2, 0.25) is 13.3 Å². The molecular formula is C37H36NO5P. The van der Waals surface area contributed by atoms with Gasteiger partial charge >= 0.3 is 5.97 Å². The van der Waals surface area contributed by atoms with Crippen LogP contribution in [-0.4, -0.2) is 40.2 Å². The molecule has 0 heterocycles. The van der Waals surface area contributed by atoms with Gasteiger partial charge in [-0.15, -0.1) is 0 Å². The Bertz CT molecular complexity index is 1760. The predicted molar refractivity (Wildman–Crippen MR) is 176 cm³/mol. The van der Waals surface area contributed by atoms with Crippen molar-refractivity contribution in [2.24, 2.45) is 5.92 Å². The highest BCUT2D eigenvalue weighted by molar-refractivity contribution is 7.58. The van der Waals surface area contributed by atoms with E-state index in [-0.39, 0.29) is 25.2 Å². The van der Waals surface area contributed by atoms with E-state index in [9.17, 15) is 24.2 Å². The van der Waals surface area contributed by atoms with E-state index in [0.717, 1.165) is 38.6 Å². The van der Waals surface area contributed by atoms with Gasteiger partial charge in [0.25, 0.3) is 0 Å². The number of carboxylic acids is 1. The van der Waals surface area contributed by atoms with E-state index in [1.807, 2.05) is 127 Å². The van der Waals surface area contributed by atoms with Gasteiger partial charge in [-0.1, -0.05) is 127 Å². The molecule has 224 valence electrons. The highest BCUT2D eigenvalue weighted by atomic mass is 31.2. The lowest BCUT2D eigenvalue weighted by atomic mass is 9.96. The second kappa shape index (κ2) is 14.3. The Morgan fingerprint density at radius 1 is 0.659 bits per heavy atom. The summed E-state index contributed by atoms with van der Waals surface area (Å²) in [7, 11) is -3.73. The van der Waals surface area contributed by atoms with Crippen LogP contribution in [0.25, 0.3) is 21.9 Å².